The summed E-state index contributed by atoms with van der Waals surface area (Å²) in [5, 5.41) is 2.77. The molecular formula is C11H13Cl2NO4S. The highest BCUT2D eigenvalue weighted by Crippen LogP contribution is 2.22. The molecule has 0 aliphatic carbocycles. The van der Waals surface area contributed by atoms with Gasteiger partial charge in [0.15, 0.2) is 0 Å². The number of hydrogen-bond donors (Lipinski definition) is 1. The predicted molar refractivity (Wildman–Crippen MR) is 73.3 cm³/mol. The van der Waals surface area contributed by atoms with Crippen molar-refractivity contribution in [2.75, 3.05) is 13.7 Å². The molecule has 19 heavy (non-hydrogen) atoms. The highest BCUT2D eigenvalue weighted by Gasteiger charge is 2.17. The van der Waals surface area contributed by atoms with E-state index >= 15 is 0 Å². The molecule has 0 aliphatic heterocycles. The molecule has 5 nitrogen and oxygen atoms in total. The van der Waals surface area contributed by atoms with E-state index < -0.39 is 15.0 Å². The van der Waals surface area contributed by atoms with Crippen molar-refractivity contribution in [2.24, 2.45) is 0 Å². The van der Waals surface area contributed by atoms with Crippen LogP contribution in [0.15, 0.2) is 23.1 Å². The smallest absolute Gasteiger partial charge is 0.261 e. The third-order valence-electron chi connectivity index (χ3n) is 2.26. The normalized spacial score (nSPS) is 13.1. The molecule has 0 radical (unpaired) electrons. The van der Waals surface area contributed by atoms with E-state index in [1.165, 1.54) is 19.2 Å². The number of hydrogen-bond acceptors (Lipinski definition) is 4. The van der Waals surface area contributed by atoms with Gasteiger partial charge in [0, 0.05) is 23.8 Å². The molecular weight excluding hydrogens is 313 g/mol. The van der Waals surface area contributed by atoms with Crippen molar-refractivity contribution < 1.29 is 17.9 Å². The Labute approximate surface area is 121 Å². The molecule has 8 heteroatoms. The summed E-state index contributed by atoms with van der Waals surface area (Å²) in [7, 11) is 2.83. The van der Waals surface area contributed by atoms with Crippen LogP contribution >= 0.6 is 22.3 Å². The van der Waals surface area contributed by atoms with Crippen LogP contribution in [0.3, 0.4) is 0 Å². The zero-order valence-corrected chi connectivity index (χ0v) is 12.6. The Morgan fingerprint density at radius 1 is 1.47 bits per heavy atom. The number of carbonyl (C=O) groups is 1. The van der Waals surface area contributed by atoms with Gasteiger partial charge < -0.3 is 10.1 Å². The minimum absolute atomic E-state index is 0.0475. The van der Waals surface area contributed by atoms with Gasteiger partial charge in [-0.05, 0) is 25.1 Å². The number of carbonyl (C=O) groups excluding carboxylic acids is 1. The first kappa shape index (κ1) is 16.2. The predicted octanol–water partition coefficient (Wildman–Crippen LogP) is 2.03. The minimum atomic E-state index is -3.91. The van der Waals surface area contributed by atoms with E-state index in [1.54, 1.807) is 6.92 Å². The van der Waals surface area contributed by atoms with Crippen molar-refractivity contribution in [3.63, 3.8) is 0 Å². The second-order valence-electron chi connectivity index (χ2n) is 3.91. The van der Waals surface area contributed by atoms with Crippen LogP contribution in [0.1, 0.15) is 17.3 Å². The second kappa shape index (κ2) is 6.56. The summed E-state index contributed by atoms with van der Waals surface area (Å²) >= 11 is 5.87. The molecule has 1 amide bonds. The molecule has 1 N–H and O–H groups in total. The third kappa shape index (κ3) is 4.65. The summed E-state index contributed by atoms with van der Waals surface area (Å²) in [5.41, 5.74) is 0.0475. The number of ether oxygens (including phenoxy) is 1. The molecule has 1 unspecified atom stereocenters. The van der Waals surface area contributed by atoms with Gasteiger partial charge in [-0.3, -0.25) is 4.79 Å². The number of rotatable bonds is 5. The van der Waals surface area contributed by atoms with Gasteiger partial charge >= 0.3 is 0 Å². The van der Waals surface area contributed by atoms with E-state index in [2.05, 4.69) is 5.32 Å². The summed E-state index contributed by atoms with van der Waals surface area (Å²) in [6, 6.07) is 3.46. The Kier molecular flexibility index (Phi) is 5.61. The quantitative estimate of drug-likeness (QED) is 0.841. The molecule has 0 spiro atoms. The standard InChI is InChI=1S/C11H13Cl2NO4S/c1-7(6-18-2)14-11(15)9-5-8(19(13,16)17)3-4-10(9)12/h3-5,7H,6H2,1-2H3,(H,14,15). The summed E-state index contributed by atoms with van der Waals surface area (Å²) in [4.78, 5) is 11.8. The maximum absolute atomic E-state index is 11.9. The summed E-state index contributed by atoms with van der Waals surface area (Å²) < 4.78 is 27.3. The van der Waals surface area contributed by atoms with Gasteiger partial charge in [0.25, 0.3) is 15.0 Å². The number of benzene rings is 1. The second-order valence-corrected chi connectivity index (χ2v) is 6.88. The van der Waals surface area contributed by atoms with E-state index in [1.807, 2.05) is 0 Å². The molecule has 0 saturated heterocycles. The van der Waals surface area contributed by atoms with Gasteiger partial charge in [-0.2, -0.15) is 0 Å². The molecule has 1 rings (SSSR count). The van der Waals surface area contributed by atoms with Gasteiger partial charge in [-0.1, -0.05) is 11.6 Å². The van der Waals surface area contributed by atoms with Crippen LogP contribution in [-0.4, -0.2) is 34.1 Å². The van der Waals surface area contributed by atoms with Gasteiger partial charge in [-0.15, -0.1) is 0 Å². The Hall–Kier alpha value is -0.820. The first-order valence-electron chi connectivity index (χ1n) is 5.29. The molecule has 0 aliphatic rings. The zero-order chi connectivity index (χ0) is 14.6. The van der Waals surface area contributed by atoms with Crippen LogP contribution in [0.2, 0.25) is 5.02 Å². The first-order valence-corrected chi connectivity index (χ1v) is 7.98. The van der Waals surface area contributed by atoms with Crippen LogP contribution in [0.5, 0.6) is 0 Å². The largest absolute Gasteiger partial charge is 0.383 e. The molecule has 0 saturated carbocycles. The fraction of sp³-hybridized carbons (Fsp3) is 0.364. The van der Waals surface area contributed by atoms with E-state index in [4.69, 9.17) is 27.0 Å². The minimum Gasteiger partial charge on any atom is -0.383 e. The van der Waals surface area contributed by atoms with Crippen molar-refractivity contribution in [3.05, 3.63) is 28.8 Å². The van der Waals surface area contributed by atoms with Gasteiger partial charge in [0.05, 0.1) is 22.1 Å². The lowest BCUT2D eigenvalue weighted by Crippen LogP contribution is -2.35. The Morgan fingerprint density at radius 2 is 2.11 bits per heavy atom. The fourth-order valence-electron chi connectivity index (χ4n) is 1.42. The van der Waals surface area contributed by atoms with Gasteiger partial charge in [0.1, 0.15) is 0 Å². The van der Waals surface area contributed by atoms with Crippen LogP contribution in [0.25, 0.3) is 0 Å². The lowest BCUT2D eigenvalue weighted by atomic mass is 10.2. The van der Waals surface area contributed by atoms with Crippen LogP contribution in [0.4, 0.5) is 0 Å². The third-order valence-corrected chi connectivity index (χ3v) is 3.94. The molecule has 0 bridgehead atoms. The summed E-state index contributed by atoms with van der Waals surface area (Å²) in [5.74, 6) is -0.489. The summed E-state index contributed by atoms with van der Waals surface area (Å²) in [6.45, 7) is 2.08. The monoisotopic (exact) mass is 325 g/mol. The highest BCUT2D eigenvalue weighted by molar-refractivity contribution is 8.13. The fourth-order valence-corrected chi connectivity index (χ4v) is 2.40. The molecule has 1 aromatic carbocycles. The molecule has 0 heterocycles. The van der Waals surface area contributed by atoms with E-state index in [-0.39, 0.29) is 21.5 Å². The van der Waals surface area contributed by atoms with Crippen LogP contribution < -0.4 is 5.32 Å². The SMILES string of the molecule is COCC(C)NC(=O)c1cc(S(=O)(=O)Cl)ccc1Cl. The Balaban J connectivity index is 3.03. The molecule has 0 aromatic heterocycles. The summed E-state index contributed by atoms with van der Waals surface area (Å²) in [6.07, 6.45) is 0. The Morgan fingerprint density at radius 3 is 2.63 bits per heavy atom. The van der Waals surface area contributed by atoms with E-state index in [9.17, 15) is 13.2 Å². The zero-order valence-electron chi connectivity index (χ0n) is 10.3. The van der Waals surface area contributed by atoms with Crippen molar-refractivity contribution in [1.29, 1.82) is 0 Å². The molecule has 1 aromatic rings. The van der Waals surface area contributed by atoms with E-state index in [0.717, 1.165) is 6.07 Å². The lowest BCUT2D eigenvalue weighted by Gasteiger charge is -2.13. The van der Waals surface area contributed by atoms with Crippen LogP contribution in [0, 0.1) is 0 Å². The number of halogens is 2. The maximum atomic E-state index is 11.9. The Bertz CT molecular complexity index is 574. The van der Waals surface area contributed by atoms with E-state index in [0.29, 0.717) is 6.61 Å². The number of methoxy groups -OCH3 is 1. The van der Waals surface area contributed by atoms with Gasteiger partial charge in [-0.25, -0.2) is 8.42 Å². The first-order chi connectivity index (χ1) is 8.75. The highest BCUT2D eigenvalue weighted by atomic mass is 35.7. The van der Waals surface area contributed by atoms with Crippen molar-refractivity contribution >= 4 is 37.2 Å². The molecule has 0 fully saturated rings. The molecule has 106 valence electrons. The van der Waals surface area contributed by atoms with Crippen LogP contribution in [-0.2, 0) is 13.8 Å². The number of amides is 1. The average Bonchev–Trinajstić information content (AvgIpc) is 2.27. The average molecular weight is 326 g/mol. The van der Waals surface area contributed by atoms with Crippen molar-refractivity contribution in [1.82, 2.24) is 5.32 Å². The van der Waals surface area contributed by atoms with Crippen molar-refractivity contribution in [2.45, 2.75) is 17.9 Å². The lowest BCUT2D eigenvalue weighted by molar-refractivity contribution is 0.0905. The van der Waals surface area contributed by atoms with Crippen molar-refractivity contribution in [3.8, 4) is 0 Å². The molecule has 1 atom stereocenters. The topological polar surface area (TPSA) is 72.5 Å². The maximum Gasteiger partial charge on any atom is 0.261 e. The number of nitrogens with one attached hydrogen (secondary N) is 1. The van der Waals surface area contributed by atoms with Gasteiger partial charge in [0.2, 0.25) is 0 Å².